The van der Waals surface area contributed by atoms with Crippen LogP contribution in [-0.2, 0) is 4.79 Å². The summed E-state index contributed by atoms with van der Waals surface area (Å²) >= 11 is 8.83. The van der Waals surface area contributed by atoms with Gasteiger partial charge in [0.05, 0.1) is 16.1 Å². The van der Waals surface area contributed by atoms with Crippen LogP contribution in [0, 0.1) is 5.82 Å². The van der Waals surface area contributed by atoms with Crippen LogP contribution >= 0.6 is 27.5 Å². The van der Waals surface area contributed by atoms with Crippen molar-refractivity contribution in [2.75, 3.05) is 6.61 Å². The monoisotopic (exact) mass is 338 g/mol. The van der Waals surface area contributed by atoms with Crippen molar-refractivity contribution in [2.24, 2.45) is 5.84 Å². The Morgan fingerprint density at radius 1 is 1.50 bits per heavy atom. The number of carbonyl (C=O) groups is 1. The predicted octanol–water partition coefficient (Wildman–Crippen LogP) is 2.78. The number of hydrogen-bond acceptors (Lipinski definition) is 3. The highest BCUT2D eigenvalue weighted by molar-refractivity contribution is 9.10. The van der Waals surface area contributed by atoms with Gasteiger partial charge in [0.1, 0.15) is 11.6 Å². The van der Waals surface area contributed by atoms with E-state index < -0.39 is 5.82 Å². The number of halogens is 3. The van der Waals surface area contributed by atoms with Crippen molar-refractivity contribution in [3.63, 3.8) is 0 Å². The molecule has 0 heterocycles. The van der Waals surface area contributed by atoms with Gasteiger partial charge in [-0.05, 0) is 34.8 Å². The van der Waals surface area contributed by atoms with Crippen LogP contribution in [-0.4, -0.2) is 12.5 Å². The van der Waals surface area contributed by atoms with Crippen LogP contribution in [0.4, 0.5) is 4.39 Å². The maximum Gasteiger partial charge on any atom is 0.233 e. The smallest absolute Gasteiger partial charge is 0.233 e. The highest BCUT2D eigenvalue weighted by Crippen LogP contribution is 2.30. The maximum absolute atomic E-state index is 13.2. The van der Waals surface area contributed by atoms with E-state index in [4.69, 9.17) is 22.2 Å². The van der Waals surface area contributed by atoms with Crippen molar-refractivity contribution in [2.45, 2.75) is 19.3 Å². The van der Waals surface area contributed by atoms with Crippen LogP contribution in [0.1, 0.15) is 19.3 Å². The number of rotatable bonds is 6. The van der Waals surface area contributed by atoms with Gasteiger partial charge in [0.15, 0.2) is 0 Å². The van der Waals surface area contributed by atoms with E-state index >= 15 is 0 Å². The Balaban J connectivity index is 2.36. The molecule has 1 aromatic rings. The third-order valence-corrected chi connectivity index (χ3v) is 3.10. The first-order valence-corrected chi connectivity index (χ1v) is 6.48. The second kappa shape index (κ2) is 7.56. The summed E-state index contributed by atoms with van der Waals surface area (Å²) in [5.41, 5.74) is 2.04. The summed E-state index contributed by atoms with van der Waals surface area (Å²) in [6.07, 6.45) is 1.66. The van der Waals surface area contributed by atoms with E-state index in [9.17, 15) is 9.18 Å². The van der Waals surface area contributed by atoms with Gasteiger partial charge in [-0.25, -0.2) is 10.2 Å². The Hall–Kier alpha value is -0.850. The van der Waals surface area contributed by atoms with Crippen LogP contribution in [0.2, 0.25) is 5.02 Å². The Morgan fingerprint density at radius 2 is 2.22 bits per heavy atom. The van der Waals surface area contributed by atoms with Crippen molar-refractivity contribution < 1.29 is 13.9 Å². The lowest BCUT2D eigenvalue weighted by atomic mass is 10.2. The lowest BCUT2D eigenvalue weighted by molar-refractivity contribution is -0.121. The largest absolute Gasteiger partial charge is 0.492 e. The number of ether oxygens (including phenoxy) is 1. The van der Waals surface area contributed by atoms with Gasteiger partial charge in [-0.2, -0.15) is 0 Å². The standard InChI is InChI=1S/C11H13BrClFN2O2/c12-7-5-8(13)9(14)6-10(7)18-4-2-1-3-11(17)16-15/h5-6H,1-4,15H2,(H,16,17). The van der Waals surface area contributed by atoms with E-state index in [1.807, 2.05) is 5.43 Å². The van der Waals surface area contributed by atoms with Gasteiger partial charge in [-0.1, -0.05) is 11.6 Å². The second-order valence-corrected chi connectivity index (χ2v) is 4.83. The van der Waals surface area contributed by atoms with E-state index in [-0.39, 0.29) is 10.9 Å². The molecule has 0 saturated carbocycles. The summed E-state index contributed by atoms with van der Waals surface area (Å²) in [5.74, 6) is 4.58. The van der Waals surface area contributed by atoms with Gasteiger partial charge in [0, 0.05) is 12.5 Å². The molecule has 3 N–H and O–H groups in total. The minimum Gasteiger partial charge on any atom is -0.492 e. The number of amides is 1. The van der Waals surface area contributed by atoms with Crippen molar-refractivity contribution in [1.29, 1.82) is 0 Å². The van der Waals surface area contributed by atoms with Gasteiger partial charge >= 0.3 is 0 Å². The lowest BCUT2D eigenvalue weighted by Crippen LogP contribution is -2.29. The average Bonchev–Trinajstić information content (AvgIpc) is 2.34. The maximum atomic E-state index is 13.2. The quantitative estimate of drug-likeness (QED) is 0.275. The number of unbranched alkanes of at least 4 members (excludes halogenated alkanes) is 1. The summed E-state index contributed by atoms with van der Waals surface area (Å²) in [4.78, 5) is 10.8. The van der Waals surface area contributed by atoms with Crippen molar-refractivity contribution in [3.8, 4) is 5.75 Å². The van der Waals surface area contributed by atoms with Crippen LogP contribution in [0.3, 0.4) is 0 Å². The SMILES string of the molecule is NNC(=O)CCCCOc1cc(F)c(Cl)cc1Br. The Bertz CT molecular complexity index is 432. The Kier molecular flexibility index (Phi) is 6.38. The number of benzene rings is 1. The third kappa shape index (κ3) is 4.80. The van der Waals surface area contributed by atoms with Crippen LogP contribution in [0.5, 0.6) is 5.75 Å². The molecule has 0 bridgehead atoms. The molecule has 0 radical (unpaired) electrons. The fourth-order valence-electron chi connectivity index (χ4n) is 1.26. The number of nitrogens with two attached hydrogens (primary N) is 1. The molecular weight excluding hydrogens is 326 g/mol. The van der Waals surface area contributed by atoms with Gasteiger partial charge in [0.2, 0.25) is 5.91 Å². The third-order valence-electron chi connectivity index (χ3n) is 2.19. The zero-order valence-electron chi connectivity index (χ0n) is 9.51. The molecule has 0 fully saturated rings. The number of carbonyl (C=O) groups excluding carboxylic acids is 1. The summed E-state index contributed by atoms with van der Waals surface area (Å²) in [6.45, 7) is 0.386. The summed E-state index contributed by atoms with van der Waals surface area (Å²) in [5, 5.41) is 0.0360. The molecule has 0 aliphatic rings. The molecule has 4 nitrogen and oxygen atoms in total. The fourth-order valence-corrected chi connectivity index (χ4v) is 2.01. The molecule has 1 aromatic carbocycles. The zero-order valence-corrected chi connectivity index (χ0v) is 11.9. The highest BCUT2D eigenvalue weighted by Gasteiger charge is 2.07. The van der Waals surface area contributed by atoms with Crippen LogP contribution in [0.15, 0.2) is 16.6 Å². The first kappa shape index (κ1) is 15.2. The number of nitrogens with one attached hydrogen (secondary N) is 1. The fraction of sp³-hybridized carbons (Fsp3) is 0.364. The molecule has 100 valence electrons. The van der Waals surface area contributed by atoms with E-state index in [0.29, 0.717) is 36.1 Å². The van der Waals surface area contributed by atoms with Crippen molar-refractivity contribution >= 4 is 33.4 Å². The molecular formula is C11H13BrClFN2O2. The minimum absolute atomic E-state index is 0.0360. The van der Waals surface area contributed by atoms with Crippen molar-refractivity contribution in [1.82, 2.24) is 5.43 Å². The van der Waals surface area contributed by atoms with E-state index in [0.717, 1.165) is 0 Å². The predicted molar refractivity (Wildman–Crippen MR) is 70.8 cm³/mol. The minimum atomic E-state index is -0.530. The zero-order chi connectivity index (χ0) is 13.5. The summed E-state index contributed by atoms with van der Waals surface area (Å²) in [6, 6.07) is 2.66. The van der Waals surface area contributed by atoms with Crippen molar-refractivity contribution in [3.05, 3.63) is 27.4 Å². The number of hydrogen-bond donors (Lipinski definition) is 2. The summed E-state index contributed by atoms with van der Waals surface area (Å²) in [7, 11) is 0. The van der Waals surface area contributed by atoms with Crippen LogP contribution < -0.4 is 16.0 Å². The molecule has 1 amide bonds. The van der Waals surface area contributed by atoms with E-state index in [1.54, 1.807) is 0 Å². The molecule has 7 heteroatoms. The lowest BCUT2D eigenvalue weighted by Gasteiger charge is -2.08. The molecule has 0 spiro atoms. The normalized spacial score (nSPS) is 10.2. The average molecular weight is 340 g/mol. The molecule has 0 unspecified atom stereocenters. The number of hydrazine groups is 1. The second-order valence-electron chi connectivity index (χ2n) is 3.57. The van der Waals surface area contributed by atoms with E-state index in [2.05, 4.69) is 15.9 Å². The first-order chi connectivity index (χ1) is 8.54. The molecule has 0 atom stereocenters. The molecule has 0 aliphatic carbocycles. The molecule has 0 aromatic heterocycles. The van der Waals surface area contributed by atoms with Gasteiger partial charge in [0.25, 0.3) is 0 Å². The van der Waals surface area contributed by atoms with Crippen LogP contribution in [0.25, 0.3) is 0 Å². The summed E-state index contributed by atoms with van der Waals surface area (Å²) < 4.78 is 19.2. The first-order valence-electron chi connectivity index (χ1n) is 5.31. The Labute approximate surface area is 118 Å². The van der Waals surface area contributed by atoms with Gasteiger partial charge < -0.3 is 4.74 Å². The topological polar surface area (TPSA) is 64.3 Å². The molecule has 0 aliphatic heterocycles. The van der Waals surface area contributed by atoms with Gasteiger partial charge in [-0.15, -0.1) is 0 Å². The molecule has 18 heavy (non-hydrogen) atoms. The molecule has 1 rings (SSSR count). The molecule has 0 saturated heterocycles. The van der Waals surface area contributed by atoms with Gasteiger partial charge in [-0.3, -0.25) is 10.2 Å². The van der Waals surface area contributed by atoms with E-state index in [1.165, 1.54) is 12.1 Å². The highest BCUT2D eigenvalue weighted by atomic mass is 79.9. The Morgan fingerprint density at radius 3 is 2.89 bits per heavy atom.